The summed E-state index contributed by atoms with van der Waals surface area (Å²) in [4.78, 5) is 32.2. The van der Waals surface area contributed by atoms with Crippen LogP contribution in [0.3, 0.4) is 0 Å². The molecule has 1 aromatic heterocycles. The van der Waals surface area contributed by atoms with Crippen LogP contribution in [0.4, 0.5) is 0 Å². The molecule has 2 heterocycles. The van der Waals surface area contributed by atoms with Crippen molar-refractivity contribution in [1.82, 2.24) is 4.57 Å². The summed E-state index contributed by atoms with van der Waals surface area (Å²) in [5.74, 6) is 0.797. The zero-order chi connectivity index (χ0) is 25.8. The summed E-state index contributed by atoms with van der Waals surface area (Å²) < 4.78 is 19.3. The molecule has 1 aliphatic heterocycles. The Kier molecular flexibility index (Phi) is 7.74. The van der Waals surface area contributed by atoms with Crippen LogP contribution in [0.25, 0.3) is 6.08 Å². The van der Waals surface area contributed by atoms with Crippen molar-refractivity contribution < 1.29 is 19.0 Å². The Labute approximate surface area is 214 Å². The van der Waals surface area contributed by atoms with E-state index in [1.54, 1.807) is 18.4 Å². The number of allylic oxidation sites excluding steroid dienone is 1. The van der Waals surface area contributed by atoms with E-state index in [2.05, 4.69) is 4.99 Å². The van der Waals surface area contributed by atoms with Gasteiger partial charge in [0.1, 0.15) is 17.5 Å². The monoisotopic (exact) mass is 506 g/mol. The molecule has 0 fully saturated rings. The Morgan fingerprint density at radius 1 is 1.08 bits per heavy atom. The third kappa shape index (κ3) is 4.99. The molecule has 0 N–H and O–H groups in total. The summed E-state index contributed by atoms with van der Waals surface area (Å²) in [7, 11) is 0. The molecule has 2 aromatic carbocycles. The van der Waals surface area contributed by atoms with Gasteiger partial charge in [0.15, 0.2) is 4.80 Å². The molecule has 3 aromatic rings. The topological polar surface area (TPSA) is 79.1 Å². The maximum Gasteiger partial charge on any atom is 0.338 e. The second-order valence-electron chi connectivity index (χ2n) is 8.48. The molecule has 0 saturated carbocycles. The van der Waals surface area contributed by atoms with Crippen molar-refractivity contribution in [2.45, 2.75) is 46.8 Å². The highest BCUT2D eigenvalue weighted by molar-refractivity contribution is 7.07. The van der Waals surface area contributed by atoms with Gasteiger partial charge in [0.25, 0.3) is 5.56 Å². The molecule has 4 rings (SSSR count). The molecule has 1 unspecified atom stereocenters. The Morgan fingerprint density at radius 3 is 2.47 bits per heavy atom. The molecule has 0 aliphatic carbocycles. The predicted molar refractivity (Wildman–Crippen MR) is 140 cm³/mol. The number of nitrogens with zero attached hydrogens (tertiary/aromatic N) is 2. The quantitative estimate of drug-likeness (QED) is 0.432. The van der Waals surface area contributed by atoms with E-state index >= 15 is 0 Å². The van der Waals surface area contributed by atoms with Gasteiger partial charge in [0, 0.05) is 11.1 Å². The number of benzene rings is 2. The van der Waals surface area contributed by atoms with Crippen LogP contribution < -0.4 is 24.4 Å². The van der Waals surface area contributed by atoms with Gasteiger partial charge in [0.2, 0.25) is 0 Å². The predicted octanol–water partition coefficient (Wildman–Crippen LogP) is 3.98. The minimum Gasteiger partial charge on any atom is -0.493 e. The lowest BCUT2D eigenvalue weighted by Gasteiger charge is -2.26. The van der Waals surface area contributed by atoms with Gasteiger partial charge in [-0.1, -0.05) is 47.7 Å². The molecule has 0 amide bonds. The smallest absolute Gasteiger partial charge is 0.338 e. The second-order valence-corrected chi connectivity index (χ2v) is 9.49. The molecule has 1 aliphatic rings. The maximum atomic E-state index is 13.9. The highest BCUT2D eigenvalue weighted by Crippen LogP contribution is 2.36. The number of esters is 1. The van der Waals surface area contributed by atoms with E-state index in [0.29, 0.717) is 44.3 Å². The van der Waals surface area contributed by atoms with Gasteiger partial charge in [-0.25, -0.2) is 9.79 Å². The van der Waals surface area contributed by atoms with Crippen LogP contribution in [0.1, 0.15) is 51.8 Å². The number of hydrogen-bond donors (Lipinski definition) is 0. The first-order valence-electron chi connectivity index (χ1n) is 12.0. The molecule has 1 atom stereocenters. The third-order valence-corrected chi connectivity index (χ3v) is 6.58. The number of para-hydroxylation sites is 2. The van der Waals surface area contributed by atoms with Crippen LogP contribution in [0.2, 0.25) is 0 Å². The average Bonchev–Trinajstić information content (AvgIpc) is 3.14. The number of thiazole rings is 1. The van der Waals surface area contributed by atoms with Crippen LogP contribution in [0, 0.1) is 0 Å². The van der Waals surface area contributed by atoms with Crippen molar-refractivity contribution in [3.8, 4) is 11.5 Å². The van der Waals surface area contributed by atoms with E-state index in [1.807, 2.05) is 75.4 Å². The lowest BCUT2D eigenvalue weighted by atomic mass is 9.95. The normalized spacial score (nSPS) is 15.5. The molecular formula is C28H30N2O5S. The summed E-state index contributed by atoms with van der Waals surface area (Å²) >= 11 is 1.28. The fraction of sp³-hybridized carbons (Fsp3) is 0.321. The number of aromatic nitrogens is 1. The highest BCUT2D eigenvalue weighted by Gasteiger charge is 2.35. The van der Waals surface area contributed by atoms with E-state index in [4.69, 9.17) is 14.2 Å². The van der Waals surface area contributed by atoms with Gasteiger partial charge >= 0.3 is 5.97 Å². The summed E-state index contributed by atoms with van der Waals surface area (Å²) in [6.07, 6.45) is 1.72. The average molecular weight is 507 g/mol. The molecule has 0 radical (unpaired) electrons. The van der Waals surface area contributed by atoms with Crippen molar-refractivity contribution >= 4 is 23.4 Å². The highest BCUT2D eigenvalue weighted by atomic mass is 32.1. The van der Waals surface area contributed by atoms with Crippen LogP contribution in [-0.2, 0) is 9.53 Å². The van der Waals surface area contributed by atoms with Crippen LogP contribution in [0.15, 0.2) is 69.6 Å². The second kappa shape index (κ2) is 11.0. The number of fused-ring (bicyclic) bond motifs is 1. The molecule has 8 heteroatoms. The number of hydrogen-bond acceptors (Lipinski definition) is 7. The van der Waals surface area contributed by atoms with Crippen LogP contribution >= 0.6 is 11.3 Å². The van der Waals surface area contributed by atoms with Crippen molar-refractivity contribution in [1.29, 1.82) is 0 Å². The van der Waals surface area contributed by atoms with E-state index in [9.17, 15) is 9.59 Å². The summed E-state index contributed by atoms with van der Waals surface area (Å²) in [6, 6.07) is 14.3. The van der Waals surface area contributed by atoms with Gasteiger partial charge in [-0.2, -0.15) is 0 Å². The fourth-order valence-electron chi connectivity index (χ4n) is 4.18. The van der Waals surface area contributed by atoms with Gasteiger partial charge in [-0.15, -0.1) is 0 Å². The third-order valence-electron chi connectivity index (χ3n) is 5.60. The molecule has 7 nitrogen and oxygen atoms in total. The standard InChI is InChI=1S/C28H30N2O5S/c1-6-33-21-14-10-8-12-19(21)16-23-26(31)30-25(20-13-9-11-15-22(20)35-17(3)4)24(27(32)34-7-2)18(5)29-28(30)36-23/h8-17,25H,6-7H2,1-5H3/b23-16-. The number of ether oxygens (including phenoxy) is 3. The van der Waals surface area contributed by atoms with Crippen molar-refractivity contribution in [2.75, 3.05) is 13.2 Å². The summed E-state index contributed by atoms with van der Waals surface area (Å²) in [6.45, 7) is 10.0. The van der Waals surface area contributed by atoms with Gasteiger partial charge in [0.05, 0.1) is 35.1 Å². The Morgan fingerprint density at radius 2 is 1.78 bits per heavy atom. The SMILES string of the molecule is CCOC(=O)C1=C(C)N=c2s/c(=C\c3ccccc3OCC)c(=O)n2C1c1ccccc1OC(C)C. The first-order chi connectivity index (χ1) is 17.3. The van der Waals surface area contributed by atoms with Gasteiger partial charge in [-0.05, 0) is 52.8 Å². The Balaban J connectivity index is 1.98. The van der Waals surface area contributed by atoms with Crippen molar-refractivity contribution in [2.24, 2.45) is 4.99 Å². The fourth-order valence-corrected chi connectivity index (χ4v) is 5.22. The Hall–Kier alpha value is -3.65. The minimum atomic E-state index is -0.737. The van der Waals surface area contributed by atoms with E-state index < -0.39 is 12.0 Å². The number of carbonyl (C=O) groups excluding carboxylic acids is 1. The molecule has 0 spiro atoms. The summed E-state index contributed by atoms with van der Waals surface area (Å²) in [5, 5.41) is 0. The number of carbonyl (C=O) groups is 1. The first kappa shape index (κ1) is 25.4. The van der Waals surface area contributed by atoms with E-state index in [1.165, 1.54) is 11.3 Å². The summed E-state index contributed by atoms with van der Waals surface area (Å²) in [5.41, 5.74) is 2.09. The largest absolute Gasteiger partial charge is 0.493 e. The van der Waals surface area contributed by atoms with Crippen molar-refractivity contribution in [3.63, 3.8) is 0 Å². The zero-order valence-corrected chi connectivity index (χ0v) is 21.9. The molecular weight excluding hydrogens is 476 g/mol. The lowest BCUT2D eigenvalue weighted by Crippen LogP contribution is -2.40. The molecule has 188 valence electrons. The molecule has 0 bridgehead atoms. The Bertz CT molecular complexity index is 1480. The zero-order valence-electron chi connectivity index (χ0n) is 21.1. The van der Waals surface area contributed by atoms with Crippen LogP contribution in [0.5, 0.6) is 11.5 Å². The maximum absolute atomic E-state index is 13.9. The van der Waals surface area contributed by atoms with E-state index in [-0.39, 0.29) is 18.3 Å². The van der Waals surface area contributed by atoms with Crippen LogP contribution in [-0.4, -0.2) is 29.9 Å². The van der Waals surface area contributed by atoms with E-state index in [0.717, 1.165) is 5.56 Å². The minimum absolute atomic E-state index is 0.0897. The van der Waals surface area contributed by atoms with Crippen molar-refractivity contribution in [3.05, 3.63) is 90.6 Å². The molecule has 36 heavy (non-hydrogen) atoms. The first-order valence-corrected chi connectivity index (χ1v) is 12.8. The van der Waals surface area contributed by atoms with Gasteiger partial charge < -0.3 is 14.2 Å². The molecule has 0 saturated heterocycles. The lowest BCUT2D eigenvalue weighted by molar-refractivity contribution is -0.139. The number of rotatable bonds is 8. The van der Waals surface area contributed by atoms with Gasteiger partial charge in [-0.3, -0.25) is 9.36 Å².